The largest absolute Gasteiger partial charge is 0.502 e. The predicted octanol–water partition coefficient (Wildman–Crippen LogP) is 1.02. The SMILES string of the molecule is CNCc1cccc([N+](=O)[O-])c1O. The quantitative estimate of drug-likeness (QED) is 0.540. The highest BCUT2D eigenvalue weighted by atomic mass is 16.6. The molecule has 2 N–H and O–H groups in total. The molecule has 5 nitrogen and oxygen atoms in total. The molecule has 1 aromatic carbocycles. The number of nitro benzene ring substituents is 1. The number of hydrogen-bond donors (Lipinski definition) is 2. The predicted molar refractivity (Wildman–Crippen MR) is 47.5 cm³/mol. The van der Waals surface area contributed by atoms with Crippen molar-refractivity contribution in [1.29, 1.82) is 0 Å². The van der Waals surface area contributed by atoms with Gasteiger partial charge < -0.3 is 10.4 Å². The lowest BCUT2D eigenvalue weighted by Gasteiger charge is -2.02. The first-order valence-corrected chi connectivity index (χ1v) is 3.76. The van der Waals surface area contributed by atoms with Crippen molar-refractivity contribution in [2.24, 2.45) is 0 Å². The third-order valence-electron chi connectivity index (χ3n) is 1.66. The minimum absolute atomic E-state index is 0.257. The monoisotopic (exact) mass is 182 g/mol. The maximum absolute atomic E-state index is 10.4. The fourth-order valence-electron chi connectivity index (χ4n) is 1.06. The number of nitro groups is 1. The van der Waals surface area contributed by atoms with Crippen LogP contribution in [0.3, 0.4) is 0 Å². The maximum atomic E-state index is 10.4. The fraction of sp³-hybridized carbons (Fsp3) is 0.250. The van der Waals surface area contributed by atoms with Gasteiger partial charge in [-0.25, -0.2) is 0 Å². The van der Waals surface area contributed by atoms with Crippen molar-refractivity contribution in [1.82, 2.24) is 5.32 Å². The van der Waals surface area contributed by atoms with Gasteiger partial charge in [-0.1, -0.05) is 12.1 Å². The smallest absolute Gasteiger partial charge is 0.311 e. The molecule has 0 amide bonds. The van der Waals surface area contributed by atoms with Crippen LogP contribution in [0, 0.1) is 10.1 Å². The van der Waals surface area contributed by atoms with Crippen LogP contribution in [0.1, 0.15) is 5.56 Å². The van der Waals surface area contributed by atoms with Crippen molar-refractivity contribution < 1.29 is 10.0 Å². The Kier molecular flexibility index (Phi) is 2.81. The average Bonchev–Trinajstić information content (AvgIpc) is 2.08. The Morgan fingerprint density at radius 2 is 2.31 bits per heavy atom. The zero-order valence-electron chi connectivity index (χ0n) is 7.15. The summed E-state index contributed by atoms with van der Waals surface area (Å²) >= 11 is 0. The van der Waals surface area contributed by atoms with E-state index >= 15 is 0 Å². The second-order valence-electron chi connectivity index (χ2n) is 2.57. The lowest BCUT2D eigenvalue weighted by atomic mass is 10.2. The summed E-state index contributed by atoms with van der Waals surface area (Å²) in [6.45, 7) is 0.410. The van der Waals surface area contributed by atoms with Gasteiger partial charge in [-0.05, 0) is 7.05 Å². The van der Waals surface area contributed by atoms with Crippen LogP contribution < -0.4 is 5.32 Å². The van der Waals surface area contributed by atoms with E-state index in [-0.39, 0.29) is 11.4 Å². The standard InChI is InChI=1S/C8H10N2O3/c1-9-5-6-3-2-4-7(8(6)11)10(12)13/h2-4,9,11H,5H2,1H3. The number of nitrogens with zero attached hydrogens (tertiary/aromatic N) is 1. The van der Waals surface area contributed by atoms with E-state index in [2.05, 4.69) is 5.32 Å². The van der Waals surface area contributed by atoms with Crippen molar-refractivity contribution in [3.8, 4) is 5.75 Å². The van der Waals surface area contributed by atoms with E-state index in [0.29, 0.717) is 12.1 Å². The molecule has 0 aliphatic carbocycles. The summed E-state index contributed by atoms with van der Waals surface area (Å²) in [4.78, 5) is 9.80. The van der Waals surface area contributed by atoms with Gasteiger partial charge in [0.05, 0.1) is 4.92 Å². The highest BCUT2D eigenvalue weighted by molar-refractivity contribution is 5.50. The minimum atomic E-state index is -0.603. The Bertz CT molecular complexity index is 325. The van der Waals surface area contributed by atoms with Crippen molar-refractivity contribution in [2.75, 3.05) is 7.05 Å². The van der Waals surface area contributed by atoms with Gasteiger partial charge in [-0.2, -0.15) is 0 Å². The lowest BCUT2D eigenvalue weighted by Crippen LogP contribution is -2.05. The molecule has 0 aliphatic rings. The van der Waals surface area contributed by atoms with Gasteiger partial charge in [0.2, 0.25) is 0 Å². The molecule has 0 fully saturated rings. The normalized spacial score (nSPS) is 9.92. The van der Waals surface area contributed by atoms with Crippen molar-refractivity contribution in [3.63, 3.8) is 0 Å². The first-order chi connectivity index (χ1) is 6.16. The molecule has 0 saturated heterocycles. The summed E-state index contributed by atoms with van der Waals surface area (Å²) in [5.74, 6) is -0.262. The number of aromatic hydroxyl groups is 1. The van der Waals surface area contributed by atoms with Gasteiger partial charge in [0, 0.05) is 18.2 Å². The summed E-state index contributed by atoms with van der Waals surface area (Å²) in [5, 5.41) is 22.6. The number of nitrogens with one attached hydrogen (secondary N) is 1. The van der Waals surface area contributed by atoms with Crippen LogP contribution >= 0.6 is 0 Å². The average molecular weight is 182 g/mol. The highest BCUT2D eigenvalue weighted by Crippen LogP contribution is 2.28. The summed E-state index contributed by atoms with van der Waals surface area (Å²) in [5.41, 5.74) is 0.268. The Hall–Kier alpha value is -1.62. The number of benzene rings is 1. The van der Waals surface area contributed by atoms with Crippen LogP contribution in [0.5, 0.6) is 5.75 Å². The van der Waals surface area contributed by atoms with Crippen molar-refractivity contribution >= 4 is 5.69 Å². The molecule has 0 atom stereocenters. The number of phenols is 1. The first kappa shape index (κ1) is 9.47. The van der Waals surface area contributed by atoms with E-state index in [4.69, 9.17) is 0 Å². The number of phenolic OH excluding ortho intramolecular Hbond substituents is 1. The molecule has 0 bridgehead atoms. The zero-order valence-corrected chi connectivity index (χ0v) is 7.15. The number of para-hydroxylation sites is 1. The van der Waals surface area contributed by atoms with E-state index in [1.807, 2.05) is 0 Å². The van der Waals surface area contributed by atoms with Crippen molar-refractivity contribution in [3.05, 3.63) is 33.9 Å². The second kappa shape index (κ2) is 3.86. The molecule has 0 aliphatic heterocycles. The molecule has 0 saturated carbocycles. The van der Waals surface area contributed by atoms with E-state index < -0.39 is 4.92 Å². The van der Waals surface area contributed by atoms with Crippen molar-refractivity contribution in [2.45, 2.75) is 6.54 Å². The molecule has 70 valence electrons. The zero-order chi connectivity index (χ0) is 9.84. The van der Waals surface area contributed by atoms with Gasteiger partial charge in [0.15, 0.2) is 5.75 Å². The molecular formula is C8H10N2O3. The molecule has 0 unspecified atom stereocenters. The highest BCUT2D eigenvalue weighted by Gasteiger charge is 2.15. The van der Waals surface area contributed by atoms with E-state index in [9.17, 15) is 15.2 Å². The fourth-order valence-corrected chi connectivity index (χ4v) is 1.06. The minimum Gasteiger partial charge on any atom is -0.502 e. The van der Waals surface area contributed by atoms with Gasteiger partial charge in [-0.15, -0.1) is 0 Å². The van der Waals surface area contributed by atoms with Crippen LogP contribution in [0.4, 0.5) is 5.69 Å². The van der Waals surface area contributed by atoms with Gasteiger partial charge in [0.1, 0.15) is 0 Å². The molecule has 0 heterocycles. The molecule has 0 spiro atoms. The molecule has 0 radical (unpaired) electrons. The third-order valence-corrected chi connectivity index (χ3v) is 1.66. The summed E-state index contributed by atoms with van der Waals surface area (Å²) < 4.78 is 0. The van der Waals surface area contributed by atoms with Crippen LogP contribution in [0.15, 0.2) is 18.2 Å². The summed E-state index contributed by atoms with van der Waals surface area (Å²) in [6, 6.07) is 4.46. The van der Waals surface area contributed by atoms with E-state index in [0.717, 1.165) is 0 Å². The van der Waals surface area contributed by atoms with Crippen LogP contribution in [0.25, 0.3) is 0 Å². The number of hydrogen-bond acceptors (Lipinski definition) is 4. The summed E-state index contributed by atoms with van der Waals surface area (Å²) in [7, 11) is 1.71. The Morgan fingerprint density at radius 1 is 1.62 bits per heavy atom. The Balaban J connectivity index is 3.10. The Labute approximate surface area is 75.2 Å². The topological polar surface area (TPSA) is 75.4 Å². The Morgan fingerprint density at radius 3 is 2.85 bits per heavy atom. The molecule has 1 rings (SSSR count). The number of rotatable bonds is 3. The van der Waals surface area contributed by atoms with Gasteiger partial charge in [-0.3, -0.25) is 10.1 Å². The molecular weight excluding hydrogens is 172 g/mol. The molecule has 13 heavy (non-hydrogen) atoms. The van der Waals surface area contributed by atoms with Crippen LogP contribution in [-0.4, -0.2) is 17.1 Å². The van der Waals surface area contributed by atoms with E-state index in [1.165, 1.54) is 6.07 Å². The van der Waals surface area contributed by atoms with E-state index in [1.54, 1.807) is 19.2 Å². The van der Waals surface area contributed by atoms with Crippen LogP contribution in [0.2, 0.25) is 0 Å². The maximum Gasteiger partial charge on any atom is 0.311 e. The van der Waals surface area contributed by atoms with Crippen LogP contribution in [-0.2, 0) is 6.54 Å². The lowest BCUT2D eigenvalue weighted by molar-refractivity contribution is -0.385. The second-order valence-corrected chi connectivity index (χ2v) is 2.57. The van der Waals surface area contributed by atoms with Gasteiger partial charge in [0.25, 0.3) is 0 Å². The summed E-state index contributed by atoms with van der Waals surface area (Å²) in [6.07, 6.45) is 0. The van der Waals surface area contributed by atoms with Gasteiger partial charge >= 0.3 is 5.69 Å². The molecule has 0 aromatic heterocycles. The molecule has 1 aromatic rings. The first-order valence-electron chi connectivity index (χ1n) is 3.76. The third kappa shape index (κ3) is 1.94. The molecule has 5 heteroatoms.